The molecule has 2 heterocycles. The van der Waals surface area contributed by atoms with Crippen molar-refractivity contribution < 1.29 is 14.6 Å². The van der Waals surface area contributed by atoms with Crippen molar-refractivity contribution in [3.05, 3.63) is 83.2 Å². The molecule has 1 N–H and O–H groups in total. The van der Waals surface area contributed by atoms with Gasteiger partial charge in [0.1, 0.15) is 18.1 Å². The maximum absolute atomic E-state index is 13.4. The summed E-state index contributed by atoms with van der Waals surface area (Å²) in [7, 11) is 0. The van der Waals surface area contributed by atoms with Crippen LogP contribution >= 0.6 is 11.3 Å². The van der Waals surface area contributed by atoms with Crippen molar-refractivity contribution in [3.8, 4) is 22.6 Å². The Kier molecular flexibility index (Phi) is 6.42. The molecule has 3 aromatic carbocycles. The molecule has 1 aliphatic rings. The fourth-order valence-corrected chi connectivity index (χ4v) is 5.65. The number of phenolic OH excluding ortho intramolecular Hbond substituents is 1. The zero-order chi connectivity index (χ0) is 22.6. The smallest absolute Gasteiger partial charge is 0.203 e. The van der Waals surface area contributed by atoms with Gasteiger partial charge in [0, 0.05) is 27.8 Å². The summed E-state index contributed by atoms with van der Waals surface area (Å²) in [5, 5.41) is 10.9. The van der Waals surface area contributed by atoms with Gasteiger partial charge in [0.2, 0.25) is 5.78 Å². The molecule has 5 heteroatoms. The standard InChI is InChI=1S/C28H27NO3S/c30-22-8-6-7-21(19-22)27(31)28-26(24-9-2-3-10-25(24)33-28)20-11-13-23(14-12-20)32-18-17-29-15-4-1-5-16-29/h2-3,6-14,19,30H,1,4-5,15-18H2. The molecular weight excluding hydrogens is 430 g/mol. The van der Waals surface area contributed by atoms with Crippen LogP contribution in [0.4, 0.5) is 0 Å². The van der Waals surface area contributed by atoms with Crippen LogP contribution in [-0.4, -0.2) is 42.0 Å². The van der Waals surface area contributed by atoms with E-state index in [0.717, 1.165) is 33.5 Å². The fourth-order valence-electron chi connectivity index (χ4n) is 4.46. The van der Waals surface area contributed by atoms with Gasteiger partial charge in [0.05, 0.1) is 4.88 Å². The molecule has 5 rings (SSSR count). The number of ketones is 1. The normalized spacial score (nSPS) is 14.4. The number of fused-ring (bicyclic) bond motifs is 1. The van der Waals surface area contributed by atoms with E-state index in [2.05, 4.69) is 11.0 Å². The second-order valence-electron chi connectivity index (χ2n) is 8.46. The van der Waals surface area contributed by atoms with E-state index in [0.29, 0.717) is 17.0 Å². The van der Waals surface area contributed by atoms with E-state index in [1.54, 1.807) is 18.2 Å². The summed E-state index contributed by atoms with van der Waals surface area (Å²) >= 11 is 1.49. The van der Waals surface area contributed by atoms with Crippen molar-refractivity contribution in [3.63, 3.8) is 0 Å². The van der Waals surface area contributed by atoms with Gasteiger partial charge < -0.3 is 9.84 Å². The first-order valence-corrected chi connectivity index (χ1v) is 12.3. The number of hydrogen-bond acceptors (Lipinski definition) is 5. The Morgan fingerprint density at radius 2 is 1.73 bits per heavy atom. The molecule has 0 spiro atoms. The molecule has 1 saturated heterocycles. The largest absolute Gasteiger partial charge is 0.508 e. The van der Waals surface area contributed by atoms with Gasteiger partial charge in [-0.1, -0.05) is 48.9 Å². The van der Waals surface area contributed by atoms with Gasteiger partial charge in [0.15, 0.2) is 0 Å². The highest BCUT2D eigenvalue weighted by Crippen LogP contribution is 2.40. The summed E-state index contributed by atoms with van der Waals surface area (Å²) in [6.45, 7) is 3.98. The highest BCUT2D eigenvalue weighted by atomic mass is 32.1. The summed E-state index contributed by atoms with van der Waals surface area (Å²) in [5.41, 5.74) is 2.41. The van der Waals surface area contributed by atoms with Crippen molar-refractivity contribution in [1.82, 2.24) is 4.90 Å². The molecule has 0 radical (unpaired) electrons. The Bertz CT molecular complexity index is 1260. The minimum absolute atomic E-state index is 0.0797. The molecule has 1 aliphatic heterocycles. The number of hydrogen-bond donors (Lipinski definition) is 1. The van der Waals surface area contributed by atoms with Gasteiger partial charge >= 0.3 is 0 Å². The molecular formula is C28H27NO3S. The number of benzene rings is 3. The molecule has 0 saturated carbocycles. The number of nitrogens with zero attached hydrogens (tertiary/aromatic N) is 1. The first-order chi connectivity index (χ1) is 16.2. The third kappa shape index (κ3) is 4.80. The van der Waals surface area contributed by atoms with E-state index in [9.17, 15) is 9.90 Å². The van der Waals surface area contributed by atoms with Crippen molar-refractivity contribution in [2.75, 3.05) is 26.2 Å². The van der Waals surface area contributed by atoms with Crippen molar-refractivity contribution in [2.24, 2.45) is 0 Å². The molecule has 1 fully saturated rings. The average molecular weight is 458 g/mol. The zero-order valence-electron chi connectivity index (χ0n) is 18.5. The maximum Gasteiger partial charge on any atom is 0.203 e. The number of piperidine rings is 1. The number of carbonyl (C=O) groups excluding carboxylic acids is 1. The van der Waals surface area contributed by atoms with Crippen LogP contribution < -0.4 is 4.74 Å². The number of phenols is 1. The van der Waals surface area contributed by atoms with Gasteiger partial charge in [-0.15, -0.1) is 11.3 Å². The molecule has 0 amide bonds. The summed E-state index contributed by atoms with van der Waals surface area (Å²) in [6.07, 6.45) is 3.91. The van der Waals surface area contributed by atoms with Crippen LogP contribution in [0.5, 0.6) is 11.5 Å². The zero-order valence-corrected chi connectivity index (χ0v) is 19.3. The minimum atomic E-state index is -0.0797. The summed E-state index contributed by atoms with van der Waals surface area (Å²) in [4.78, 5) is 16.5. The lowest BCUT2D eigenvalue weighted by Crippen LogP contribution is -2.33. The van der Waals surface area contributed by atoms with Crippen LogP contribution in [0.25, 0.3) is 21.2 Å². The molecule has 0 aliphatic carbocycles. The van der Waals surface area contributed by atoms with Crippen LogP contribution in [0.1, 0.15) is 34.5 Å². The quantitative estimate of drug-likeness (QED) is 0.328. The highest BCUT2D eigenvalue weighted by molar-refractivity contribution is 7.21. The predicted molar refractivity (Wildman–Crippen MR) is 135 cm³/mol. The second-order valence-corrected chi connectivity index (χ2v) is 9.51. The first-order valence-electron chi connectivity index (χ1n) is 11.5. The number of rotatable bonds is 7. The Morgan fingerprint density at radius 1 is 0.939 bits per heavy atom. The Labute approximate surface area is 198 Å². The lowest BCUT2D eigenvalue weighted by molar-refractivity contribution is 0.104. The summed E-state index contributed by atoms with van der Waals surface area (Å²) in [6, 6.07) is 22.7. The van der Waals surface area contributed by atoms with E-state index in [4.69, 9.17) is 4.74 Å². The summed E-state index contributed by atoms with van der Waals surface area (Å²) in [5.74, 6) is 0.856. The maximum atomic E-state index is 13.4. The minimum Gasteiger partial charge on any atom is -0.508 e. The van der Waals surface area contributed by atoms with E-state index in [1.165, 1.54) is 49.8 Å². The monoisotopic (exact) mass is 457 g/mol. The Morgan fingerprint density at radius 3 is 2.52 bits per heavy atom. The molecule has 4 aromatic rings. The molecule has 0 unspecified atom stereocenters. The van der Waals surface area contributed by atoms with E-state index >= 15 is 0 Å². The van der Waals surface area contributed by atoms with E-state index < -0.39 is 0 Å². The number of carbonyl (C=O) groups is 1. The lowest BCUT2D eigenvalue weighted by Gasteiger charge is -2.26. The molecule has 33 heavy (non-hydrogen) atoms. The van der Waals surface area contributed by atoms with Gasteiger partial charge in [0.25, 0.3) is 0 Å². The van der Waals surface area contributed by atoms with Gasteiger partial charge in [-0.25, -0.2) is 0 Å². The highest BCUT2D eigenvalue weighted by Gasteiger charge is 2.21. The average Bonchev–Trinajstić information content (AvgIpc) is 3.24. The molecule has 1 aromatic heterocycles. The van der Waals surface area contributed by atoms with Gasteiger partial charge in [-0.3, -0.25) is 9.69 Å². The second kappa shape index (κ2) is 9.77. The first kappa shape index (κ1) is 21.7. The number of aromatic hydroxyl groups is 1. The van der Waals surface area contributed by atoms with E-state index in [1.807, 2.05) is 42.5 Å². The van der Waals surface area contributed by atoms with Gasteiger partial charge in [-0.05, 0) is 61.8 Å². The van der Waals surface area contributed by atoms with E-state index in [-0.39, 0.29) is 11.5 Å². The van der Waals surface area contributed by atoms with Crippen molar-refractivity contribution >= 4 is 27.2 Å². The van der Waals surface area contributed by atoms with Crippen LogP contribution in [0.3, 0.4) is 0 Å². The molecule has 0 atom stereocenters. The third-order valence-electron chi connectivity index (χ3n) is 6.18. The molecule has 168 valence electrons. The SMILES string of the molecule is O=C(c1cccc(O)c1)c1sc2ccccc2c1-c1ccc(OCCN2CCCCC2)cc1. The van der Waals surface area contributed by atoms with Crippen LogP contribution in [0.15, 0.2) is 72.8 Å². The van der Waals surface area contributed by atoms with Crippen molar-refractivity contribution in [2.45, 2.75) is 19.3 Å². The number of ether oxygens (including phenoxy) is 1. The molecule has 0 bridgehead atoms. The number of thiophene rings is 1. The van der Waals surface area contributed by atoms with Crippen LogP contribution in [0, 0.1) is 0 Å². The number of likely N-dealkylation sites (tertiary alicyclic amines) is 1. The lowest BCUT2D eigenvalue weighted by atomic mass is 9.98. The third-order valence-corrected chi connectivity index (χ3v) is 7.35. The summed E-state index contributed by atoms with van der Waals surface area (Å²) < 4.78 is 7.06. The van der Waals surface area contributed by atoms with Crippen molar-refractivity contribution in [1.29, 1.82) is 0 Å². The fraction of sp³-hybridized carbons (Fsp3) is 0.250. The Balaban J connectivity index is 1.40. The molecule has 4 nitrogen and oxygen atoms in total. The van der Waals surface area contributed by atoms with Crippen LogP contribution in [-0.2, 0) is 0 Å². The topological polar surface area (TPSA) is 49.8 Å². The predicted octanol–water partition coefficient (Wildman–Crippen LogP) is 6.37. The van der Waals surface area contributed by atoms with Gasteiger partial charge in [-0.2, -0.15) is 0 Å². The van der Waals surface area contributed by atoms with Crippen LogP contribution in [0.2, 0.25) is 0 Å². The Hall–Kier alpha value is -3.15.